The first-order valence-corrected chi connectivity index (χ1v) is 9.25. The summed E-state index contributed by atoms with van der Waals surface area (Å²) < 4.78 is 41.1. The van der Waals surface area contributed by atoms with E-state index in [1.165, 1.54) is 16.4 Å². The number of hydrogen-bond donors (Lipinski definition) is 0. The molecule has 0 aliphatic carbocycles. The second-order valence-electron chi connectivity index (χ2n) is 5.28. The molecule has 1 aliphatic rings. The highest BCUT2D eigenvalue weighted by atomic mass is 79.9. The van der Waals surface area contributed by atoms with Gasteiger partial charge in [0.2, 0.25) is 10.0 Å². The molecule has 3 nitrogen and oxygen atoms in total. The Morgan fingerprint density at radius 1 is 1.05 bits per heavy atom. The van der Waals surface area contributed by atoms with E-state index in [9.17, 15) is 12.8 Å². The lowest BCUT2D eigenvalue weighted by Gasteiger charge is -2.24. The predicted molar refractivity (Wildman–Crippen MR) is 86.4 cm³/mol. The van der Waals surface area contributed by atoms with E-state index in [2.05, 4.69) is 15.9 Å². The lowest BCUT2D eigenvalue weighted by Crippen LogP contribution is -2.30. The number of sulfonamides is 1. The second kappa shape index (κ2) is 6.10. The van der Waals surface area contributed by atoms with Gasteiger partial charge in [0.15, 0.2) is 0 Å². The normalized spacial score (nSPS) is 19.5. The maximum Gasteiger partial charge on any atom is 0.243 e. The van der Waals surface area contributed by atoms with Crippen molar-refractivity contribution in [3.05, 3.63) is 64.4 Å². The largest absolute Gasteiger partial charge is 0.243 e. The van der Waals surface area contributed by atoms with Crippen LogP contribution in [0.25, 0.3) is 0 Å². The van der Waals surface area contributed by atoms with E-state index in [4.69, 9.17) is 0 Å². The molecule has 0 unspecified atom stereocenters. The molecular formula is C16H15BrFNO2S. The fourth-order valence-corrected chi connectivity index (χ4v) is 4.73. The molecule has 0 saturated carbocycles. The third-order valence-corrected chi connectivity index (χ3v) is 6.33. The van der Waals surface area contributed by atoms with Gasteiger partial charge in [-0.15, -0.1) is 0 Å². The zero-order chi connectivity index (χ0) is 15.7. The first-order valence-electron chi connectivity index (χ1n) is 7.01. The van der Waals surface area contributed by atoms with Crippen molar-refractivity contribution in [2.45, 2.75) is 23.8 Å². The van der Waals surface area contributed by atoms with E-state index < -0.39 is 10.0 Å². The van der Waals surface area contributed by atoms with Crippen LogP contribution >= 0.6 is 15.9 Å². The van der Waals surface area contributed by atoms with E-state index in [1.807, 2.05) is 0 Å². The van der Waals surface area contributed by atoms with Crippen LogP contribution in [0.2, 0.25) is 0 Å². The summed E-state index contributed by atoms with van der Waals surface area (Å²) in [5.74, 6) is -0.316. The SMILES string of the molecule is O=S(=O)(c1ccc(Br)cc1)N1CCC[C@@H]1c1ccc(F)cc1. The van der Waals surface area contributed by atoms with Crippen LogP contribution in [0.3, 0.4) is 0 Å². The number of halogens is 2. The van der Waals surface area contributed by atoms with Crippen LogP contribution in [0.5, 0.6) is 0 Å². The Morgan fingerprint density at radius 3 is 2.32 bits per heavy atom. The Hall–Kier alpha value is -1.24. The van der Waals surface area contributed by atoms with Crippen molar-refractivity contribution in [2.75, 3.05) is 6.54 Å². The first kappa shape index (κ1) is 15.6. The topological polar surface area (TPSA) is 37.4 Å². The average Bonchev–Trinajstić information content (AvgIpc) is 2.99. The van der Waals surface area contributed by atoms with E-state index in [-0.39, 0.29) is 16.8 Å². The molecule has 0 aromatic heterocycles. The Morgan fingerprint density at radius 2 is 1.68 bits per heavy atom. The standard InChI is InChI=1S/C16H15BrFNO2S/c17-13-5-9-15(10-6-13)22(20,21)19-11-1-2-16(19)12-3-7-14(18)8-4-12/h3-10,16H,1-2,11H2/t16-/m1/s1. The third kappa shape index (κ3) is 2.95. The van der Waals surface area contributed by atoms with Crippen LogP contribution in [0.1, 0.15) is 24.4 Å². The van der Waals surface area contributed by atoms with Gasteiger partial charge in [-0.3, -0.25) is 0 Å². The minimum atomic E-state index is -3.54. The third-order valence-electron chi connectivity index (χ3n) is 3.88. The van der Waals surface area contributed by atoms with Gasteiger partial charge >= 0.3 is 0 Å². The quantitative estimate of drug-likeness (QED) is 0.799. The summed E-state index contributed by atoms with van der Waals surface area (Å²) in [6, 6.07) is 12.5. The van der Waals surface area contributed by atoms with Crippen molar-refractivity contribution in [3.63, 3.8) is 0 Å². The van der Waals surface area contributed by atoms with Crippen molar-refractivity contribution < 1.29 is 12.8 Å². The molecule has 0 amide bonds. The van der Waals surface area contributed by atoms with Crippen LogP contribution in [0.15, 0.2) is 57.9 Å². The monoisotopic (exact) mass is 383 g/mol. The van der Waals surface area contributed by atoms with E-state index in [0.29, 0.717) is 6.54 Å². The van der Waals surface area contributed by atoms with Gasteiger partial charge in [0.1, 0.15) is 5.82 Å². The van der Waals surface area contributed by atoms with Gasteiger partial charge in [0.05, 0.1) is 10.9 Å². The zero-order valence-electron chi connectivity index (χ0n) is 11.7. The summed E-state index contributed by atoms with van der Waals surface area (Å²) in [6.07, 6.45) is 1.55. The molecular weight excluding hydrogens is 369 g/mol. The smallest absolute Gasteiger partial charge is 0.207 e. The van der Waals surface area contributed by atoms with Crippen LogP contribution in [0, 0.1) is 5.82 Å². The Kier molecular flexibility index (Phi) is 4.34. The number of rotatable bonds is 3. The molecule has 6 heteroatoms. The van der Waals surface area contributed by atoms with Crippen molar-refractivity contribution >= 4 is 26.0 Å². The lowest BCUT2D eigenvalue weighted by atomic mass is 10.1. The van der Waals surface area contributed by atoms with Crippen molar-refractivity contribution in [3.8, 4) is 0 Å². The van der Waals surface area contributed by atoms with Gasteiger partial charge in [0.25, 0.3) is 0 Å². The summed E-state index contributed by atoms with van der Waals surface area (Å²) in [5.41, 5.74) is 0.833. The molecule has 0 radical (unpaired) electrons. The van der Waals surface area contributed by atoms with E-state index >= 15 is 0 Å². The molecule has 1 fully saturated rings. The van der Waals surface area contributed by atoms with E-state index in [1.54, 1.807) is 36.4 Å². The van der Waals surface area contributed by atoms with Gasteiger partial charge in [0, 0.05) is 11.0 Å². The molecule has 0 spiro atoms. The fourth-order valence-electron chi connectivity index (χ4n) is 2.79. The highest BCUT2D eigenvalue weighted by Gasteiger charge is 2.36. The minimum absolute atomic E-state index is 0.228. The molecule has 1 aliphatic heterocycles. The van der Waals surface area contributed by atoms with Crippen molar-refractivity contribution in [2.24, 2.45) is 0 Å². The molecule has 1 atom stereocenters. The van der Waals surface area contributed by atoms with Gasteiger partial charge < -0.3 is 0 Å². The lowest BCUT2D eigenvalue weighted by molar-refractivity contribution is 0.396. The molecule has 116 valence electrons. The zero-order valence-corrected chi connectivity index (χ0v) is 14.1. The summed E-state index contributed by atoms with van der Waals surface area (Å²) >= 11 is 3.31. The molecule has 2 aromatic carbocycles. The van der Waals surface area contributed by atoms with Gasteiger partial charge in [-0.2, -0.15) is 4.31 Å². The van der Waals surface area contributed by atoms with E-state index in [0.717, 1.165) is 22.9 Å². The molecule has 1 heterocycles. The van der Waals surface area contributed by atoms with Crippen molar-refractivity contribution in [1.29, 1.82) is 0 Å². The molecule has 2 aromatic rings. The van der Waals surface area contributed by atoms with Crippen LogP contribution in [-0.4, -0.2) is 19.3 Å². The maximum atomic E-state index is 13.1. The van der Waals surface area contributed by atoms with Crippen LogP contribution < -0.4 is 0 Å². The summed E-state index contributed by atoms with van der Waals surface area (Å²) in [7, 11) is -3.54. The molecule has 0 bridgehead atoms. The highest BCUT2D eigenvalue weighted by molar-refractivity contribution is 9.10. The maximum absolute atomic E-state index is 13.1. The fraction of sp³-hybridized carbons (Fsp3) is 0.250. The van der Waals surface area contributed by atoms with Gasteiger partial charge in [-0.25, -0.2) is 12.8 Å². The minimum Gasteiger partial charge on any atom is -0.207 e. The predicted octanol–water partition coefficient (Wildman–Crippen LogP) is 4.11. The highest BCUT2D eigenvalue weighted by Crippen LogP contribution is 2.36. The van der Waals surface area contributed by atoms with Gasteiger partial charge in [-0.1, -0.05) is 28.1 Å². The molecule has 0 N–H and O–H groups in total. The first-order chi connectivity index (χ1) is 10.5. The number of hydrogen-bond acceptors (Lipinski definition) is 2. The number of benzene rings is 2. The summed E-state index contributed by atoms with van der Waals surface area (Å²) in [5, 5.41) is 0. The molecule has 22 heavy (non-hydrogen) atoms. The van der Waals surface area contributed by atoms with Crippen molar-refractivity contribution in [1.82, 2.24) is 4.31 Å². The molecule has 3 rings (SSSR count). The summed E-state index contributed by atoms with van der Waals surface area (Å²) in [4.78, 5) is 0.282. The Balaban J connectivity index is 1.95. The summed E-state index contributed by atoms with van der Waals surface area (Å²) in [6.45, 7) is 0.487. The average molecular weight is 384 g/mol. The second-order valence-corrected chi connectivity index (χ2v) is 8.09. The van der Waals surface area contributed by atoms with Crippen LogP contribution in [0.4, 0.5) is 4.39 Å². The van der Waals surface area contributed by atoms with Crippen LogP contribution in [-0.2, 0) is 10.0 Å². The molecule has 1 saturated heterocycles. The Bertz CT molecular complexity index is 760. The Labute approximate surface area is 137 Å². The number of nitrogens with zero attached hydrogens (tertiary/aromatic N) is 1. The van der Waals surface area contributed by atoms with Gasteiger partial charge in [-0.05, 0) is 54.8 Å².